The summed E-state index contributed by atoms with van der Waals surface area (Å²) >= 11 is 0. The van der Waals surface area contributed by atoms with E-state index < -0.39 is 44.0 Å². The van der Waals surface area contributed by atoms with Crippen molar-refractivity contribution in [1.82, 2.24) is 9.88 Å². The Morgan fingerprint density at radius 3 is 2.08 bits per heavy atom. The standard InChI is InChI=1S/C21H36N2O12S2/c1-6-17(21(24)25)23(7-9-31-13-14-32-12-11-30-3)8-10-33-18-15-19(34-36(4,26)27)22-20(16(18)2)35-37(5,28)29/h15,17H,6-14H2,1-5H3,(H,24,25). The summed E-state index contributed by atoms with van der Waals surface area (Å²) in [6.07, 6.45) is 1.94. The average molecular weight is 573 g/mol. The maximum absolute atomic E-state index is 11.7. The largest absolute Gasteiger partial charge is 0.492 e. The number of carboxylic acid groups (broad SMARTS) is 1. The molecule has 14 nitrogen and oxygen atoms in total. The lowest BCUT2D eigenvalue weighted by Crippen LogP contribution is -2.44. The van der Waals surface area contributed by atoms with Crippen molar-refractivity contribution in [2.24, 2.45) is 0 Å². The fraction of sp³-hybridized carbons (Fsp3) is 0.714. The van der Waals surface area contributed by atoms with Crippen LogP contribution in [0.3, 0.4) is 0 Å². The normalized spacial score (nSPS) is 12.9. The number of methoxy groups -OCH3 is 1. The molecule has 0 aromatic carbocycles. The fourth-order valence-corrected chi connectivity index (χ4v) is 3.89. The van der Waals surface area contributed by atoms with Gasteiger partial charge in [-0.05, 0) is 13.3 Å². The van der Waals surface area contributed by atoms with Crippen molar-refractivity contribution in [3.63, 3.8) is 0 Å². The molecule has 16 heteroatoms. The molecule has 0 bridgehead atoms. The highest BCUT2D eigenvalue weighted by atomic mass is 32.2. The van der Waals surface area contributed by atoms with Gasteiger partial charge in [0.25, 0.3) is 0 Å². The molecular weight excluding hydrogens is 536 g/mol. The summed E-state index contributed by atoms with van der Waals surface area (Å²) in [5, 5.41) is 9.61. The molecule has 0 spiro atoms. The second-order valence-corrected chi connectivity index (χ2v) is 11.0. The molecule has 1 unspecified atom stereocenters. The topological polar surface area (TPSA) is 177 Å². The van der Waals surface area contributed by atoms with Crippen molar-refractivity contribution < 1.29 is 54.1 Å². The number of hydrogen-bond acceptors (Lipinski definition) is 13. The van der Waals surface area contributed by atoms with Gasteiger partial charge >= 0.3 is 26.2 Å². The van der Waals surface area contributed by atoms with E-state index in [1.807, 2.05) is 0 Å². The molecule has 0 amide bonds. The van der Waals surface area contributed by atoms with E-state index in [0.29, 0.717) is 39.4 Å². The van der Waals surface area contributed by atoms with E-state index in [2.05, 4.69) is 4.98 Å². The Hall–Kier alpha value is -2.24. The first-order valence-electron chi connectivity index (χ1n) is 11.3. The Labute approximate surface area is 218 Å². The van der Waals surface area contributed by atoms with Gasteiger partial charge in [-0.2, -0.15) is 21.8 Å². The highest BCUT2D eigenvalue weighted by molar-refractivity contribution is 7.86. The van der Waals surface area contributed by atoms with Crippen LogP contribution >= 0.6 is 0 Å². The number of carbonyl (C=O) groups is 1. The van der Waals surface area contributed by atoms with Gasteiger partial charge < -0.3 is 32.4 Å². The van der Waals surface area contributed by atoms with Crippen LogP contribution in [-0.4, -0.2) is 116 Å². The predicted molar refractivity (Wildman–Crippen MR) is 132 cm³/mol. The first-order chi connectivity index (χ1) is 17.3. The molecule has 0 saturated heterocycles. The highest BCUT2D eigenvalue weighted by Gasteiger charge is 2.24. The Bertz CT molecular complexity index is 1060. The van der Waals surface area contributed by atoms with E-state index in [1.165, 1.54) is 13.0 Å². The van der Waals surface area contributed by atoms with Gasteiger partial charge in [0.1, 0.15) is 18.4 Å². The van der Waals surface area contributed by atoms with E-state index >= 15 is 0 Å². The van der Waals surface area contributed by atoms with Crippen molar-refractivity contribution in [1.29, 1.82) is 0 Å². The van der Waals surface area contributed by atoms with Gasteiger partial charge in [-0.1, -0.05) is 6.92 Å². The molecule has 0 fully saturated rings. The number of aromatic nitrogens is 1. The van der Waals surface area contributed by atoms with Crippen LogP contribution in [0.2, 0.25) is 0 Å². The Kier molecular flexibility index (Phi) is 14.1. The third kappa shape index (κ3) is 13.8. The van der Waals surface area contributed by atoms with Crippen LogP contribution in [-0.2, 0) is 39.2 Å². The van der Waals surface area contributed by atoms with Crippen molar-refractivity contribution in [2.75, 3.05) is 72.4 Å². The molecule has 1 N–H and O–H groups in total. The Balaban J connectivity index is 2.90. The number of carboxylic acids is 1. The van der Waals surface area contributed by atoms with E-state index in [1.54, 1.807) is 18.9 Å². The molecule has 1 rings (SSSR count). The van der Waals surface area contributed by atoms with Crippen LogP contribution in [0, 0.1) is 6.92 Å². The first-order valence-corrected chi connectivity index (χ1v) is 14.9. The molecule has 0 aliphatic rings. The summed E-state index contributed by atoms with van der Waals surface area (Å²) in [5.74, 6) is -1.80. The predicted octanol–water partition coefficient (Wildman–Crippen LogP) is 0.290. The Morgan fingerprint density at radius 1 is 0.973 bits per heavy atom. The first kappa shape index (κ1) is 32.8. The van der Waals surface area contributed by atoms with Crippen LogP contribution in [0.5, 0.6) is 17.5 Å². The molecule has 1 atom stereocenters. The number of pyridine rings is 1. The third-order valence-electron chi connectivity index (χ3n) is 4.70. The molecule has 1 heterocycles. The van der Waals surface area contributed by atoms with Crippen LogP contribution in [0.4, 0.5) is 0 Å². The summed E-state index contributed by atoms with van der Waals surface area (Å²) in [7, 11) is -6.38. The van der Waals surface area contributed by atoms with Crippen LogP contribution < -0.4 is 13.1 Å². The number of nitrogens with zero attached hydrogens (tertiary/aromatic N) is 2. The van der Waals surface area contributed by atoms with Crippen molar-refractivity contribution in [3.05, 3.63) is 11.6 Å². The average Bonchev–Trinajstić information content (AvgIpc) is 2.76. The summed E-state index contributed by atoms with van der Waals surface area (Å²) in [6.45, 7) is 5.55. The zero-order valence-corrected chi connectivity index (χ0v) is 23.3. The maximum atomic E-state index is 11.7. The van der Waals surface area contributed by atoms with Gasteiger partial charge in [-0.15, -0.1) is 0 Å². The van der Waals surface area contributed by atoms with Gasteiger partial charge in [0.15, 0.2) is 0 Å². The molecule has 0 radical (unpaired) electrons. The van der Waals surface area contributed by atoms with E-state index in [4.69, 9.17) is 27.3 Å². The SMILES string of the molecule is CCC(C(=O)O)N(CCOCCOCCOC)CCOc1cc(OS(C)(=O)=O)nc(OS(C)(=O)=O)c1C. The monoisotopic (exact) mass is 572 g/mol. The number of ether oxygens (including phenoxy) is 4. The van der Waals surface area contributed by atoms with Gasteiger partial charge in [0, 0.05) is 26.3 Å². The smallest absolute Gasteiger partial charge is 0.320 e. The number of rotatable bonds is 20. The van der Waals surface area contributed by atoms with E-state index in [9.17, 15) is 26.7 Å². The second kappa shape index (κ2) is 15.9. The van der Waals surface area contributed by atoms with E-state index in [-0.39, 0.29) is 31.1 Å². The minimum atomic E-state index is -3.98. The summed E-state index contributed by atoms with van der Waals surface area (Å²) in [6, 6.07) is 0.383. The van der Waals surface area contributed by atoms with Crippen LogP contribution in [0.25, 0.3) is 0 Å². The third-order valence-corrected chi connectivity index (χ3v) is 5.63. The summed E-state index contributed by atoms with van der Waals surface area (Å²) in [4.78, 5) is 17.2. The zero-order valence-electron chi connectivity index (χ0n) is 21.7. The maximum Gasteiger partial charge on any atom is 0.320 e. The molecule has 0 aliphatic heterocycles. The lowest BCUT2D eigenvalue weighted by atomic mass is 10.2. The van der Waals surface area contributed by atoms with Gasteiger partial charge in [0.2, 0.25) is 11.8 Å². The summed E-state index contributed by atoms with van der Waals surface area (Å²) < 4.78 is 77.3. The molecule has 0 aliphatic carbocycles. The second-order valence-electron chi connectivity index (χ2n) is 7.83. The molecule has 0 saturated carbocycles. The molecular formula is C21H36N2O12S2. The molecule has 1 aromatic heterocycles. The minimum absolute atomic E-state index is 0.0224. The van der Waals surface area contributed by atoms with E-state index in [0.717, 1.165) is 12.5 Å². The van der Waals surface area contributed by atoms with Gasteiger partial charge in [-0.3, -0.25) is 9.69 Å². The number of hydrogen-bond donors (Lipinski definition) is 1. The van der Waals surface area contributed by atoms with Gasteiger partial charge in [-0.25, -0.2) is 0 Å². The van der Waals surface area contributed by atoms with Crippen LogP contribution in [0.15, 0.2) is 6.07 Å². The Morgan fingerprint density at radius 2 is 1.54 bits per heavy atom. The lowest BCUT2D eigenvalue weighted by molar-refractivity contribution is -0.143. The minimum Gasteiger partial charge on any atom is -0.492 e. The lowest BCUT2D eigenvalue weighted by Gasteiger charge is -2.28. The van der Waals surface area contributed by atoms with Crippen molar-refractivity contribution in [2.45, 2.75) is 26.3 Å². The quantitative estimate of drug-likeness (QED) is 0.166. The van der Waals surface area contributed by atoms with Crippen molar-refractivity contribution in [3.8, 4) is 17.5 Å². The summed E-state index contributed by atoms with van der Waals surface area (Å²) in [5.41, 5.74) is 0.180. The fourth-order valence-electron chi connectivity index (χ4n) is 3.05. The van der Waals surface area contributed by atoms with Gasteiger partial charge in [0.05, 0.1) is 51.1 Å². The van der Waals surface area contributed by atoms with Crippen LogP contribution in [0.1, 0.15) is 18.9 Å². The molecule has 1 aromatic rings. The zero-order chi connectivity index (χ0) is 28.1. The highest BCUT2D eigenvalue weighted by Crippen LogP contribution is 2.31. The molecule has 214 valence electrons. The van der Waals surface area contributed by atoms with Crippen molar-refractivity contribution >= 4 is 26.2 Å². The number of aliphatic carboxylic acids is 1. The molecule has 37 heavy (non-hydrogen) atoms.